The van der Waals surface area contributed by atoms with Gasteiger partial charge in [0.1, 0.15) is 5.56 Å². The Kier molecular flexibility index (Phi) is 7.76. The fourth-order valence-corrected chi connectivity index (χ4v) is 3.02. The van der Waals surface area contributed by atoms with Crippen molar-refractivity contribution in [2.24, 2.45) is 0 Å². The Morgan fingerprint density at radius 3 is 2.36 bits per heavy atom. The van der Waals surface area contributed by atoms with Gasteiger partial charge in [0.25, 0.3) is 11.6 Å². The van der Waals surface area contributed by atoms with Gasteiger partial charge in [-0.25, -0.2) is 0 Å². The SMILES string of the molecule is COc1cc(C(=O)NCCC(CCO)c2ccccc2)c([N+](=O)[O-])cc1OC. The van der Waals surface area contributed by atoms with Crippen LogP contribution in [0.5, 0.6) is 11.5 Å². The van der Waals surface area contributed by atoms with Gasteiger partial charge in [-0.05, 0) is 24.3 Å². The molecule has 1 unspecified atom stereocenters. The number of methoxy groups -OCH3 is 2. The van der Waals surface area contributed by atoms with Crippen LogP contribution in [-0.2, 0) is 0 Å². The molecular formula is C20H24N2O6. The van der Waals surface area contributed by atoms with E-state index in [-0.39, 0.29) is 35.3 Å². The second-order valence-corrected chi connectivity index (χ2v) is 6.15. The van der Waals surface area contributed by atoms with Crippen LogP contribution in [0.1, 0.15) is 34.7 Å². The van der Waals surface area contributed by atoms with Crippen molar-refractivity contribution in [3.8, 4) is 11.5 Å². The Labute approximate surface area is 163 Å². The number of amides is 1. The van der Waals surface area contributed by atoms with Crippen molar-refractivity contribution in [2.45, 2.75) is 18.8 Å². The second kappa shape index (κ2) is 10.3. The lowest BCUT2D eigenvalue weighted by Crippen LogP contribution is -2.26. The third-order valence-corrected chi connectivity index (χ3v) is 4.47. The summed E-state index contributed by atoms with van der Waals surface area (Å²) in [6, 6.07) is 12.2. The van der Waals surface area contributed by atoms with Crippen molar-refractivity contribution in [2.75, 3.05) is 27.4 Å². The summed E-state index contributed by atoms with van der Waals surface area (Å²) >= 11 is 0. The van der Waals surface area contributed by atoms with Gasteiger partial charge >= 0.3 is 0 Å². The number of carbonyl (C=O) groups excluding carboxylic acids is 1. The molecule has 28 heavy (non-hydrogen) atoms. The molecule has 0 saturated carbocycles. The zero-order chi connectivity index (χ0) is 20.5. The van der Waals surface area contributed by atoms with Crippen LogP contribution in [0, 0.1) is 10.1 Å². The first kappa shape index (κ1) is 21.2. The topological polar surface area (TPSA) is 111 Å². The van der Waals surface area contributed by atoms with Gasteiger partial charge in [-0.15, -0.1) is 0 Å². The number of ether oxygens (including phenoxy) is 2. The summed E-state index contributed by atoms with van der Waals surface area (Å²) in [5, 5.41) is 23.4. The highest BCUT2D eigenvalue weighted by Gasteiger charge is 2.24. The zero-order valence-electron chi connectivity index (χ0n) is 15.9. The number of aliphatic hydroxyl groups excluding tert-OH is 1. The normalized spacial score (nSPS) is 11.5. The maximum Gasteiger partial charge on any atom is 0.286 e. The number of nitro benzene ring substituents is 1. The molecule has 0 saturated heterocycles. The van der Waals surface area contributed by atoms with Crippen molar-refractivity contribution < 1.29 is 24.3 Å². The molecule has 2 aromatic rings. The molecule has 0 bridgehead atoms. The lowest BCUT2D eigenvalue weighted by molar-refractivity contribution is -0.385. The van der Waals surface area contributed by atoms with Crippen LogP contribution in [0.2, 0.25) is 0 Å². The Balaban J connectivity index is 2.12. The third-order valence-electron chi connectivity index (χ3n) is 4.47. The van der Waals surface area contributed by atoms with Gasteiger partial charge in [0, 0.05) is 19.2 Å². The number of hydrogen-bond acceptors (Lipinski definition) is 6. The molecule has 0 fully saturated rings. The second-order valence-electron chi connectivity index (χ2n) is 6.15. The molecule has 0 aromatic heterocycles. The fraction of sp³-hybridized carbons (Fsp3) is 0.350. The predicted molar refractivity (Wildman–Crippen MR) is 104 cm³/mol. The third kappa shape index (κ3) is 5.20. The number of hydrogen-bond donors (Lipinski definition) is 2. The van der Waals surface area contributed by atoms with Gasteiger partial charge in [-0.3, -0.25) is 14.9 Å². The predicted octanol–water partition coefficient (Wildman–Crippen LogP) is 2.90. The largest absolute Gasteiger partial charge is 0.493 e. The number of benzene rings is 2. The highest BCUT2D eigenvalue weighted by molar-refractivity contribution is 5.99. The molecule has 0 radical (unpaired) electrons. The number of nitro groups is 1. The van der Waals surface area contributed by atoms with Gasteiger partial charge in [-0.2, -0.15) is 0 Å². The Hall–Kier alpha value is -3.13. The molecule has 2 N–H and O–H groups in total. The number of nitrogens with one attached hydrogen (secondary N) is 1. The Bertz CT molecular complexity index is 810. The lowest BCUT2D eigenvalue weighted by atomic mass is 9.93. The van der Waals surface area contributed by atoms with Crippen LogP contribution in [-0.4, -0.2) is 43.3 Å². The number of nitrogens with zero attached hydrogens (tertiary/aromatic N) is 1. The van der Waals surface area contributed by atoms with Crippen LogP contribution in [0.3, 0.4) is 0 Å². The molecule has 0 heterocycles. The van der Waals surface area contributed by atoms with E-state index in [1.807, 2.05) is 30.3 Å². The van der Waals surface area contributed by atoms with Crippen LogP contribution in [0.25, 0.3) is 0 Å². The van der Waals surface area contributed by atoms with E-state index in [9.17, 15) is 20.0 Å². The van der Waals surface area contributed by atoms with E-state index in [4.69, 9.17) is 9.47 Å². The number of aliphatic hydroxyl groups is 1. The van der Waals surface area contributed by atoms with Crippen molar-refractivity contribution in [1.82, 2.24) is 5.32 Å². The molecule has 150 valence electrons. The van der Waals surface area contributed by atoms with Crippen molar-refractivity contribution >= 4 is 11.6 Å². The van der Waals surface area contributed by atoms with E-state index in [1.165, 1.54) is 26.4 Å². The van der Waals surface area contributed by atoms with Crippen LogP contribution in [0.15, 0.2) is 42.5 Å². The van der Waals surface area contributed by atoms with E-state index in [1.54, 1.807) is 0 Å². The summed E-state index contributed by atoms with van der Waals surface area (Å²) in [4.78, 5) is 23.3. The minimum absolute atomic E-state index is 0.0364. The maximum absolute atomic E-state index is 12.6. The average Bonchev–Trinajstić information content (AvgIpc) is 2.72. The number of carbonyl (C=O) groups is 1. The summed E-state index contributed by atoms with van der Waals surface area (Å²) in [7, 11) is 2.76. The molecule has 1 amide bonds. The molecule has 0 aliphatic heterocycles. The van der Waals surface area contributed by atoms with E-state index in [0.29, 0.717) is 19.4 Å². The molecule has 2 aromatic carbocycles. The molecular weight excluding hydrogens is 364 g/mol. The highest BCUT2D eigenvalue weighted by Crippen LogP contribution is 2.34. The fourth-order valence-electron chi connectivity index (χ4n) is 3.02. The first-order valence-electron chi connectivity index (χ1n) is 8.86. The van der Waals surface area contributed by atoms with E-state index >= 15 is 0 Å². The lowest BCUT2D eigenvalue weighted by Gasteiger charge is -2.17. The number of rotatable bonds is 10. The molecule has 2 rings (SSSR count). The van der Waals surface area contributed by atoms with Crippen LogP contribution >= 0.6 is 0 Å². The van der Waals surface area contributed by atoms with Gasteiger partial charge in [-0.1, -0.05) is 30.3 Å². The van der Waals surface area contributed by atoms with E-state index in [0.717, 1.165) is 5.56 Å². The van der Waals surface area contributed by atoms with Gasteiger partial charge < -0.3 is 19.9 Å². The molecule has 8 nitrogen and oxygen atoms in total. The van der Waals surface area contributed by atoms with Gasteiger partial charge in [0.2, 0.25) is 0 Å². The Morgan fingerprint density at radius 2 is 1.79 bits per heavy atom. The highest BCUT2D eigenvalue weighted by atomic mass is 16.6. The van der Waals surface area contributed by atoms with Crippen molar-refractivity contribution in [3.05, 3.63) is 63.7 Å². The van der Waals surface area contributed by atoms with Crippen molar-refractivity contribution in [3.63, 3.8) is 0 Å². The summed E-state index contributed by atoms with van der Waals surface area (Å²) in [5.74, 6) is -0.0751. The van der Waals surface area contributed by atoms with Crippen LogP contribution < -0.4 is 14.8 Å². The summed E-state index contributed by atoms with van der Waals surface area (Å²) in [5.41, 5.74) is 0.620. The monoisotopic (exact) mass is 388 g/mol. The molecule has 1 atom stereocenters. The summed E-state index contributed by atoms with van der Waals surface area (Å²) < 4.78 is 10.2. The summed E-state index contributed by atoms with van der Waals surface area (Å²) in [6.07, 6.45) is 1.16. The summed E-state index contributed by atoms with van der Waals surface area (Å²) in [6.45, 7) is 0.346. The molecule has 0 aliphatic carbocycles. The first-order chi connectivity index (χ1) is 13.5. The Morgan fingerprint density at radius 1 is 1.14 bits per heavy atom. The first-order valence-corrected chi connectivity index (χ1v) is 8.86. The van der Waals surface area contributed by atoms with Crippen LogP contribution in [0.4, 0.5) is 5.69 Å². The quantitative estimate of drug-likeness (QED) is 0.478. The smallest absolute Gasteiger partial charge is 0.286 e. The van der Waals surface area contributed by atoms with Gasteiger partial charge in [0.05, 0.1) is 25.2 Å². The minimum Gasteiger partial charge on any atom is -0.493 e. The molecule has 8 heteroatoms. The average molecular weight is 388 g/mol. The zero-order valence-corrected chi connectivity index (χ0v) is 15.9. The van der Waals surface area contributed by atoms with E-state index in [2.05, 4.69) is 5.32 Å². The van der Waals surface area contributed by atoms with Crippen molar-refractivity contribution in [1.29, 1.82) is 0 Å². The standard InChI is InChI=1S/C20H24N2O6/c1-27-18-12-16(17(22(25)26)13-19(18)28-2)20(24)21-10-8-15(9-11-23)14-6-4-3-5-7-14/h3-7,12-13,15,23H,8-11H2,1-2H3,(H,21,24). The molecule has 0 spiro atoms. The molecule has 0 aliphatic rings. The van der Waals surface area contributed by atoms with Gasteiger partial charge in [0.15, 0.2) is 11.5 Å². The van der Waals surface area contributed by atoms with E-state index < -0.39 is 10.8 Å². The maximum atomic E-state index is 12.6. The minimum atomic E-state index is -0.630.